The van der Waals surface area contributed by atoms with Crippen LogP contribution in [0.5, 0.6) is 0 Å². The highest BCUT2D eigenvalue weighted by Gasteiger charge is 2.38. The molecule has 5 nitrogen and oxygen atoms in total. The average Bonchev–Trinajstić information content (AvgIpc) is 2.88. The van der Waals surface area contributed by atoms with Gasteiger partial charge in [0.2, 0.25) is 11.7 Å². The Kier molecular flexibility index (Phi) is 4.60. The minimum atomic E-state index is -0.330. The van der Waals surface area contributed by atoms with Crippen molar-refractivity contribution in [2.75, 3.05) is 7.11 Å². The fourth-order valence-electron chi connectivity index (χ4n) is 3.77. The first-order valence-corrected chi connectivity index (χ1v) is 8.38. The number of nitrogens with zero attached hydrogens (tertiary/aromatic N) is 2. The lowest BCUT2D eigenvalue weighted by atomic mass is 9.86. The average molecular weight is 293 g/mol. The minimum absolute atomic E-state index is 0.330. The molecule has 1 aromatic rings. The third-order valence-corrected chi connectivity index (χ3v) is 5.27. The maximum atomic E-state index is 5.97. The van der Waals surface area contributed by atoms with Gasteiger partial charge in [-0.3, -0.25) is 0 Å². The van der Waals surface area contributed by atoms with Crippen LogP contribution >= 0.6 is 0 Å². The first kappa shape index (κ1) is 15.0. The van der Waals surface area contributed by atoms with Crippen molar-refractivity contribution in [3.8, 4) is 0 Å². The molecule has 0 unspecified atom stereocenters. The molecular weight excluding hydrogens is 266 g/mol. The van der Waals surface area contributed by atoms with Crippen molar-refractivity contribution >= 4 is 0 Å². The van der Waals surface area contributed by atoms with Gasteiger partial charge in [0, 0.05) is 19.1 Å². The number of nitrogens with two attached hydrogens (primary N) is 1. The number of hydrogen-bond acceptors (Lipinski definition) is 5. The van der Waals surface area contributed by atoms with Gasteiger partial charge in [-0.25, -0.2) is 0 Å². The Morgan fingerprint density at radius 2 is 1.76 bits per heavy atom. The lowest BCUT2D eigenvalue weighted by Crippen LogP contribution is -2.29. The molecule has 0 radical (unpaired) electrons. The monoisotopic (exact) mass is 293 g/mol. The van der Waals surface area contributed by atoms with Gasteiger partial charge in [-0.05, 0) is 38.5 Å². The van der Waals surface area contributed by atoms with Crippen LogP contribution in [0.25, 0.3) is 0 Å². The summed E-state index contributed by atoms with van der Waals surface area (Å²) in [5.74, 6) is 1.93. The first-order valence-electron chi connectivity index (χ1n) is 8.38. The Labute approximate surface area is 126 Å². The Morgan fingerprint density at radius 1 is 1.10 bits per heavy atom. The van der Waals surface area contributed by atoms with Crippen molar-refractivity contribution in [1.82, 2.24) is 10.1 Å². The minimum Gasteiger partial charge on any atom is -0.370 e. The van der Waals surface area contributed by atoms with E-state index in [-0.39, 0.29) is 5.60 Å². The molecule has 1 aromatic heterocycles. The second kappa shape index (κ2) is 6.44. The Balaban J connectivity index is 1.76. The standard InChI is InChI=1S/C16H27N3O2/c1-20-16(10-4-2-3-5-11-16)15-18-14(21-19-15)12-6-8-13(17)9-7-12/h12-13H,2-11,17H2,1H3. The van der Waals surface area contributed by atoms with E-state index in [9.17, 15) is 0 Å². The molecule has 2 aliphatic carbocycles. The van der Waals surface area contributed by atoms with Gasteiger partial charge in [-0.2, -0.15) is 4.98 Å². The number of hydrogen-bond donors (Lipinski definition) is 1. The summed E-state index contributed by atoms with van der Waals surface area (Å²) in [6.45, 7) is 0. The Bertz CT molecular complexity index is 444. The summed E-state index contributed by atoms with van der Waals surface area (Å²) in [5.41, 5.74) is 5.64. The van der Waals surface area contributed by atoms with Gasteiger partial charge in [-0.1, -0.05) is 30.8 Å². The third kappa shape index (κ3) is 3.14. The van der Waals surface area contributed by atoms with Crippen LogP contribution in [0.3, 0.4) is 0 Å². The van der Waals surface area contributed by atoms with E-state index in [1.54, 1.807) is 7.11 Å². The van der Waals surface area contributed by atoms with Crippen LogP contribution in [-0.2, 0) is 10.3 Å². The van der Waals surface area contributed by atoms with E-state index in [1.807, 2.05) is 0 Å². The predicted octanol–water partition coefficient (Wildman–Crippen LogP) is 3.25. The van der Waals surface area contributed by atoms with Crippen molar-refractivity contribution in [3.63, 3.8) is 0 Å². The Hall–Kier alpha value is -0.940. The van der Waals surface area contributed by atoms with Crippen LogP contribution in [0.2, 0.25) is 0 Å². The maximum absolute atomic E-state index is 5.97. The molecule has 0 aliphatic heterocycles. The molecule has 0 bridgehead atoms. The smallest absolute Gasteiger partial charge is 0.229 e. The van der Waals surface area contributed by atoms with E-state index in [2.05, 4.69) is 5.16 Å². The largest absolute Gasteiger partial charge is 0.370 e. The third-order valence-electron chi connectivity index (χ3n) is 5.27. The molecule has 0 amide bonds. The summed E-state index contributed by atoms with van der Waals surface area (Å²) in [5, 5.41) is 4.28. The molecular formula is C16H27N3O2. The van der Waals surface area contributed by atoms with Gasteiger partial charge in [0.1, 0.15) is 5.60 Å². The molecule has 5 heteroatoms. The van der Waals surface area contributed by atoms with Crippen LogP contribution in [0.4, 0.5) is 0 Å². The summed E-state index contributed by atoms with van der Waals surface area (Å²) in [6.07, 6.45) is 11.1. The highest BCUT2D eigenvalue weighted by molar-refractivity contribution is 5.05. The molecule has 21 heavy (non-hydrogen) atoms. The zero-order valence-corrected chi connectivity index (χ0v) is 13.0. The summed E-state index contributed by atoms with van der Waals surface area (Å²) in [6, 6.07) is 0.343. The fourth-order valence-corrected chi connectivity index (χ4v) is 3.77. The molecule has 0 atom stereocenters. The van der Waals surface area contributed by atoms with E-state index in [0.29, 0.717) is 12.0 Å². The van der Waals surface area contributed by atoms with Gasteiger partial charge in [0.25, 0.3) is 0 Å². The van der Waals surface area contributed by atoms with E-state index >= 15 is 0 Å². The maximum Gasteiger partial charge on any atom is 0.229 e. The zero-order valence-electron chi connectivity index (χ0n) is 13.0. The van der Waals surface area contributed by atoms with Gasteiger partial charge >= 0.3 is 0 Å². The fraction of sp³-hybridized carbons (Fsp3) is 0.875. The highest BCUT2D eigenvalue weighted by Crippen LogP contribution is 2.39. The zero-order chi connectivity index (χ0) is 14.7. The van der Waals surface area contributed by atoms with Crippen molar-refractivity contribution in [3.05, 3.63) is 11.7 Å². The molecule has 0 aromatic carbocycles. The summed E-state index contributed by atoms with van der Waals surface area (Å²) in [7, 11) is 1.78. The lowest BCUT2D eigenvalue weighted by molar-refractivity contribution is -0.0365. The van der Waals surface area contributed by atoms with E-state index < -0.39 is 0 Å². The number of aromatic nitrogens is 2. The Morgan fingerprint density at radius 3 is 2.38 bits per heavy atom. The quantitative estimate of drug-likeness (QED) is 0.866. The summed E-state index contributed by atoms with van der Waals surface area (Å²) >= 11 is 0. The molecule has 3 rings (SSSR count). The molecule has 2 N–H and O–H groups in total. The molecule has 118 valence electrons. The van der Waals surface area contributed by atoms with E-state index in [1.165, 1.54) is 25.7 Å². The topological polar surface area (TPSA) is 74.2 Å². The van der Waals surface area contributed by atoms with Crippen molar-refractivity contribution in [2.24, 2.45) is 5.73 Å². The predicted molar refractivity (Wildman–Crippen MR) is 79.9 cm³/mol. The van der Waals surface area contributed by atoms with Crippen LogP contribution in [0.1, 0.15) is 81.8 Å². The van der Waals surface area contributed by atoms with E-state index in [4.69, 9.17) is 20.0 Å². The number of methoxy groups -OCH3 is 1. The molecule has 0 spiro atoms. The molecule has 2 saturated carbocycles. The molecule has 2 aliphatic rings. The lowest BCUT2D eigenvalue weighted by Gasteiger charge is -2.27. The van der Waals surface area contributed by atoms with Gasteiger partial charge in [0.15, 0.2) is 0 Å². The molecule has 0 saturated heterocycles. The normalized spacial score (nSPS) is 30.0. The van der Waals surface area contributed by atoms with Crippen LogP contribution in [0, 0.1) is 0 Å². The number of ether oxygens (including phenoxy) is 1. The van der Waals surface area contributed by atoms with E-state index in [0.717, 1.165) is 50.2 Å². The van der Waals surface area contributed by atoms with Gasteiger partial charge in [0.05, 0.1) is 0 Å². The summed E-state index contributed by atoms with van der Waals surface area (Å²) < 4.78 is 11.4. The van der Waals surface area contributed by atoms with Crippen molar-refractivity contribution in [1.29, 1.82) is 0 Å². The second-order valence-electron chi connectivity index (χ2n) is 6.68. The van der Waals surface area contributed by atoms with Crippen molar-refractivity contribution < 1.29 is 9.26 Å². The van der Waals surface area contributed by atoms with Crippen LogP contribution < -0.4 is 5.73 Å². The summed E-state index contributed by atoms with van der Waals surface area (Å²) in [4.78, 5) is 4.72. The molecule has 2 fully saturated rings. The SMILES string of the molecule is COC1(c2noc(C3CCC(N)CC3)n2)CCCCCC1. The van der Waals surface area contributed by atoms with Gasteiger partial charge < -0.3 is 15.0 Å². The highest BCUT2D eigenvalue weighted by atomic mass is 16.5. The first-order chi connectivity index (χ1) is 10.2. The number of rotatable bonds is 3. The van der Waals surface area contributed by atoms with Crippen LogP contribution in [0.15, 0.2) is 4.52 Å². The van der Waals surface area contributed by atoms with Crippen LogP contribution in [-0.4, -0.2) is 23.3 Å². The van der Waals surface area contributed by atoms with Crippen molar-refractivity contribution in [2.45, 2.75) is 81.8 Å². The second-order valence-corrected chi connectivity index (χ2v) is 6.68. The van der Waals surface area contributed by atoms with Gasteiger partial charge in [-0.15, -0.1) is 0 Å². The molecule has 1 heterocycles.